The third-order valence-electron chi connectivity index (χ3n) is 4.42. The maximum atomic E-state index is 12.6. The average molecular weight is 453 g/mol. The Balaban J connectivity index is 2.57. The zero-order valence-corrected chi connectivity index (χ0v) is 18.4. The summed E-state index contributed by atoms with van der Waals surface area (Å²) < 4.78 is 3.65. The minimum atomic E-state index is -1.17. The van der Waals surface area contributed by atoms with Gasteiger partial charge in [-0.25, -0.2) is 4.98 Å². The Morgan fingerprint density at radius 3 is 2.31 bits per heavy atom. The largest absolute Gasteiger partial charge is 0.466 e. The van der Waals surface area contributed by atoms with Crippen molar-refractivity contribution in [1.82, 2.24) is 4.98 Å². The molecule has 11 heteroatoms. The van der Waals surface area contributed by atoms with E-state index in [4.69, 9.17) is 10.5 Å². The summed E-state index contributed by atoms with van der Waals surface area (Å²) in [6.07, 6.45) is -0.448. The predicted octanol–water partition coefficient (Wildman–Crippen LogP) is 3.38. The number of pyridine rings is 1. The Bertz CT molecular complexity index is 1160. The number of nitrogens with two attached hydrogens (primary N) is 1. The molecule has 2 N–H and O–H groups in total. The molecule has 0 aliphatic carbocycles. The summed E-state index contributed by atoms with van der Waals surface area (Å²) in [5.41, 5.74) is 6.25. The number of carbonyl (C=O) groups is 2. The van der Waals surface area contributed by atoms with Crippen LogP contribution in [0.25, 0.3) is 11.1 Å². The second-order valence-corrected chi connectivity index (χ2v) is 8.58. The van der Waals surface area contributed by atoms with Crippen LogP contribution in [0, 0.1) is 32.8 Å². The number of non-ortho nitro benzene ring substituents is 1. The highest BCUT2D eigenvalue weighted by Crippen LogP contribution is 2.41. The summed E-state index contributed by atoms with van der Waals surface area (Å²) in [5, 5.41) is 30.5. The summed E-state index contributed by atoms with van der Waals surface area (Å²) >= 11 is 0.927. The second-order valence-electron chi connectivity index (χ2n) is 6.97. The fourth-order valence-electron chi connectivity index (χ4n) is 2.77. The zero-order valence-electron chi connectivity index (χ0n) is 17.5. The maximum Gasteiger partial charge on any atom is 0.313 e. The van der Waals surface area contributed by atoms with E-state index in [-0.39, 0.29) is 39.8 Å². The number of nitrogen functional groups attached to an aromatic ring is 1. The van der Waals surface area contributed by atoms with Crippen LogP contribution in [-0.4, -0.2) is 33.0 Å². The highest BCUT2D eigenvalue weighted by Gasteiger charge is 2.33. The van der Waals surface area contributed by atoms with Gasteiger partial charge in [0, 0.05) is 17.7 Å². The van der Waals surface area contributed by atoms with Gasteiger partial charge in [0.1, 0.15) is 35.0 Å². The monoisotopic (exact) mass is 453 g/mol. The normalized spacial score (nSPS) is 10.7. The molecule has 2 rings (SSSR count). The first kappa shape index (κ1) is 24.3. The number of ether oxygens (including phenoxy) is 1. The topological polar surface area (TPSA) is 173 Å². The molecular weight excluding hydrogens is 434 g/mol. The van der Waals surface area contributed by atoms with Crippen LogP contribution < -0.4 is 5.73 Å². The number of aromatic nitrogens is 1. The number of hydrogen-bond acceptors (Lipinski definition) is 10. The van der Waals surface area contributed by atoms with E-state index in [2.05, 4.69) is 4.98 Å². The standard InChI is InChI=1S/C21H19N5O5S/c1-4-31-17(28)9-16(27)21(2,3)32-20-15(11-23)18(14(10-22)19(24)25-20)12-5-7-13(8-6-12)26(29)30/h5-8H,4,9H2,1-3H3,(H2,24,25). The fourth-order valence-corrected chi connectivity index (χ4v) is 3.83. The van der Waals surface area contributed by atoms with E-state index in [1.54, 1.807) is 20.8 Å². The minimum absolute atomic E-state index is 0.00777. The van der Waals surface area contributed by atoms with E-state index in [1.165, 1.54) is 24.3 Å². The van der Waals surface area contributed by atoms with Crippen molar-refractivity contribution in [2.75, 3.05) is 12.3 Å². The minimum Gasteiger partial charge on any atom is -0.466 e. The first-order valence-electron chi connectivity index (χ1n) is 9.32. The number of esters is 1. The molecule has 10 nitrogen and oxygen atoms in total. The quantitative estimate of drug-likeness (QED) is 0.205. The number of hydrogen-bond donors (Lipinski definition) is 1. The number of anilines is 1. The molecule has 0 unspecified atom stereocenters. The molecule has 0 saturated heterocycles. The van der Waals surface area contributed by atoms with E-state index < -0.39 is 27.8 Å². The fraction of sp³-hybridized carbons (Fsp3) is 0.286. The first-order valence-corrected chi connectivity index (χ1v) is 10.1. The lowest BCUT2D eigenvalue weighted by Crippen LogP contribution is -2.30. The average Bonchev–Trinajstić information content (AvgIpc) is 2.73. The number of rotatable bonds is 8. The molecule has 0 aliphatic heterocycles. The van der Waals surface area contributed by atoms with Gasteiger partial charge in [-0.15, -0.1) is 0 Å². The lowest BCUT2D eigenvalue weighted by atomic mass is 9.96. The van der Waals surface area contributed by atoms with Crippen LogP contribution in [0.3, 0.4) is 0 Å². The molecule has 0 spiro atoms. The van der Waals surface area contributed by atoms with Gasteiger partial charge in [0.2, 0.25) is 0 Å². The molecule has 2 aromatic rings. The highest BCUT2D eigenvalue weighted by molar-refractivity contribution is 8.01. The van der Waals surface area contributed by atoms with E-state index in [9.17, 15) is 30.2 Å². The van der Waals surface area contributed by atoms with Gasteiger partial charge in [-0.1, -0.05) is 11.8 Å². The van der Waals surface area contributed by atoms with Crippen molar-refractivity contribution in [3.8, 4) is 23.3 Å². The van der Waals surface area contributed by atoms with Gasteiger partial charge in [-0.05, 0) is 38.5 Å². The van der Waals surface area contributed by atoms with Gasteiger partial charge >= 0.3 is 5.97 Å². The Morgan fingerprint density at radius 2 is 1.81 bits per heavy atom. The van der Waals surface area contributed by atoms with E-state index in [0.717, 1.165) is 11.8 Å². The molecule has 0 fully saturated rings. The van der Waals surface area contributed by atoms with Gasteiger partial charge in [-0.3, -0.25) is 19.7 Å². The van der Waals surface area contributed by atoms with Gasteiger partial charge in [0.05, 0.1) is 21.8 Å². The van der Waals surface area contributed by atoms with E-state index >= 15 is 0 Å². The molecule has 1 heterocycles. The number of nitro benzene ring substituents is 1. The zero-order chi connectivity index (χ0) is 24.1. The number of ketones is 1. The smallest absolute Gasteiger partial charge is 0.313 e. The number of carbonyl (C=O) groups excluding carboxylic acids is 2. The summed E-state index contributed by atoms with van der Waals surface area (Å²) in [5.74, 6) is -1.26. The number of nitro groups is 1. The van der Waals surface area contributed by atoms with Crippen LogP contribution in [0.15, 0.2) is 29.3 Å². The van der Waals surface area contributed by atoms with Gasteiger partial charge < -0.3 is 10.5 Å². The van der Waals surface area contributed by atoms with Crippen LogP contribution in [-0.2, 0) is 14.3 Å². The van der Waals surface area contributed by atoms with Crippen molar-refractivity contribution < 1.29 is 19.2 Å². The second kappa shape index (κ2) is 9.90. The summed E-state index contributed by atoms with van der Waals surface area (Å²) in [7, 11) is 0. The predicted molar refractivity (Wildman–Crippen MR) is 116 cm³/mol. The number of nitrogens with zero attached hydrogens (tertiary/aromatic N) is 4. The third kappa shape index (κ3) is 5.20. The van der Waals surface area contributed by atoms with Crippen LogP contribution >= 0.6 is 11.8 Å². The SMILES string of the molecule is CCOC(=O)CC(=O)C(C)(C)Sc1nc(N)c(C#N)c(-c2ccc([N+](=O)[O-])cc2)c1C#N. The molecular formula is C21H19N5O5S. The van der Waals surface area contributed by atoms with Gasteiger partial charge in [0.25, 0.3) is 5.69 Å². The number of benzene rings is 1. The summed E-state index contributed by atoms with van der Waals surface area (Å²) in [4.78, 5) is 38.9. The summed E-state index contributed by atoms with van der Waals surface area (Å²) in [6, 6.07) is 9.21. The van der Waals surface area contributed by atoms with Crippen LogP contribution in [0.5, 0.6) is 0 Å². The van der Waals surface area contributed by atoms with Crippen molar-refractivity contribution in [3.63, 3.8) is 0 Å². The number of Topliss-reactive ketones (excluding diaryl/α,β-unsaturated/α-hetero) is 1. The molecule has 0 atom stereocenters. The van der Waals surface area contributed by atoms with Crippen molar-refractivity contribution in [1.29, 1.82) is 10.5 Å². The van der Waals surface area contributed by atoms with Crippen molar-refractivity contribution in [3.05, 3.63) is 45.5 Å². The molecule has 0 amide bonds. The third-order valence-corrected chi connectivity index (χ3v) is 5.64. The van der Waals surface area contributed by atoms with Crippen molar-refractivity contribution >= 4 is 35.0 Å². The highest BCUT2D eigenvalue weighted by atomic mass is 32.2. The van der Waals surface area contributed by atoms with Crippen molar-refractivity contribution in [2.45, 2.75) is 37.0 Å². The Hall–Kier alpha value is -3.96. The van der Waals surface area contributed by atoms with Crippen LogP contribution in [0.1, 0.15) is 38.3 Å². The molecule has 1 aromatic carbocycles. The molecule has 164 valence electrons. The van der Waals surface area contributed by atoms with Crippen LogP contribution in [0.4, 0.5) is 11.5 Å². The molecule has 0 saturated carbocycles. The summed E-state index contributed by atoms with van der Waals surface area (Å²) in [6.45, 7) is 4.92. The molecule has 0 radical (unpaired) electrons. The van der Waals surface area contributed by atoms with E-state index in [0.29, 0.717) is 5.56 Å². The number of nitriles is 2. The molecule has 1 aromatic heterocycles. The maximum absolute atomic E-state index is 12.6. The van der Waals surface area contributed by atoms with E-state index in [1.807, 2.05) is 12.1 Å². The Morgan fingerprint density at radius 1 is 1.22 bits per heavy atom. The Kier molecular flexibility index (Phi) is 7.52. The van der Waals surface area contributed by atoms with Gasteiger partial charge in [-0.2, -0.15) is 10.5 Å². The Labute approximate surface area is 188 Å². The van der Waals surface area contributed by atoms with Crippen molar-refractivity contribution in [2.24, 2.45) is 0 Å². The van der Waals surface area contributed by atoms with Gasteiger partial charge in [0.15, 0.2) is 5.78 Å². The molecule has 0 aliphatic rings. The molecule has 32 heavy (non-hydrogen) atoms. The first-order chi connectivity index (χ1) is 15.0. The van der Waals surface area contributed by atoms with Crippen LogP contribution in [0.2, 0.25) is 0 Å². The number of thioether (sulfide) groups is 1. The molecule has 0 bridgehead atoms. The lowest BCUT2D eigenvalue weighted by molar-refractivity contribution is -0.384. The lowest BCUT2D eigenvalue weighted by Gasteiger charge is -2.23.